The number of esters is 1. The Hall–Kier alpha value is -3.59. The molecule has 1 unspecified atom stereocenters. The molecule has 3 aromatic rings. The Morgan fingerprint density at radius 1 is 1.12 bits per heavy atom. The van der Waals surface area contributed by atoms with Crippen molar-refractivity contribution in [3.05, 3.63) is 52.8 Å². The summed E-state index contributed by atoms with van der Waals surface area (Å²) >= 11 is 0. The number of hydrogen-bond acceptors (Lipinski definition) is 8. The van der Waals surface area contributed by atoms with E-state index in [1.807, 2.05) is 64.9 Å². The molecule has 1 aliphatic carbocycles. The van der Waals surface area contributed by atoms with E-state index in [0.717, 1.165) is 58.5 Å². The molecule has 2 aliphatic rings. The number of fused-ring (bicyclic) bond motifs is 1. The second-order valence-corrected chi connectivity index (χ2v) is 12.7. The van der Waals surface area contributed by atoms with Crippen molar-refractivity contribution in [2.75, 3.05) is 39.8 Å². The molecule has 5 rings (SSSR count). The van der Waals surface area contributed by atoms with E-state index in [2.05, 4.69) is 4.90 Å². The largest absolute Gasteiger partial charge is 0.496 e. The standard InChI is InChI=1S/C32H42N4O5/c1-20-17-26(39-7)23(21-11-15-36(27(20)21)30(38)41-31(2,3)4)19-35-16-14-32(12-13-32)18-25(35)22-9-10-24(29(37)40-8)33-28(22)34(5)6/h9-11,15,17,25H,12-14,16,18-19H2,1-8H3. The number of ether oxygens (including phenoxy) is 3. The molecule has 0 N–H and O–H groups in total. The topological polar surface area (TPSA) is 86.1 Å². The van der Waals surface area contributed by atoms with E-state index in [-0.39, 0.29) is 6.04 Å². The molecule has 9 nitrogen and oxygen atoms in total. The zero-order chi connectivity index (χ0) is 29.7. The first kappa shape index (κ1) is 28.9. The third kappa shape index (κ3) is 5.64. The molecule has 1 saturated heterocycles. The molecule has 220 valence electrons. The SMILES string of the molecule is COC(=O)c1ccc(C2CC3(CCN2Cc2c(OC)cc(C)c4c2ccn4C(=O)OC(C)(C)C)CC3)c(N(C)C)n1. The average Bonchev–Trinajstić information content (AvgIpc) is 3.51. The fourth-order valence-corrected chi connectivity index (χ4v) is 6.18. The summed E-state index contributed by atoms with van der Waals surface area (Å²) in [6, 6.07) is 7.92. The molecule has 2 aromatic heterocycles. The number of carbonyl (C=O) groups is 2. The van der Waals surface area contributed by atoms with Gasteiger partial charge < -0.3 is 19.1 Å². The molecule has 3 heterocycles. The summed E-state index contributed by atoms with van der Waals surface area (Å²) < 4.78 is 18.2. The van der Waals surface area contributed by atoms with Gasteiger partial charge in [-0.25, -0.2) is 14.6 Å². The van der Waals surface area contributed by atoms with Crippen LogP contribution in [0.2, 0.25) is 0 Å². The number of aryl methyl sites for hydroxylation is 1. The van der Waals surface area contributed by atoms with Gasteiger partial charge in [-0.1, -0.05) is 6.07 Å². The van der Waals surface area contributed by atoms with Crippen LogP contribution in [0, 0.1) is 12.3 Å². The first-order valence-corrected chi connectivity index (χ1v) is 14.3. The monoisotopic (exact) mass is 562 g/mol. The van der Waals surface area contributed by atoms with Crippen LogP contribution in [0.15, 0.2) is 30.5 Å². The third-order valence-corrected chi connectivity index (χ3v) is 8.44. The van der Waals surface area contributed by atoms with Crippen molar-refractivity contribution in [1.29, 1.82) is 0 Å². The number of methoxy groups -OCH3 is 2. The summed E-state index contributed by atoms with van der Waals surface area (Å²) in [6.07, 6.45) is 6.07. The molecule has 1 atom stereocenters. The van der Waals surface area contributed by atoms with Crippen molar-refractivity contribution < 1.29 is 23.8 Å². The number of benzene rings is 1. The van der Waals surface area contributed by atoms with Gasteiger partial charge in [0.2, 0.25) is 0 Å². The van der Waals surface area contributed by atoms with E-state index in [4.69, 9.17) is 19.2 Å². The Labute approximate surface area is 242 Å². The van der Waals surface area contributed by atoms with Crippen molar-refractivity contribution in [3.8, 4) is 5.75 Å². The lowest BCUT2D eigenvalue weighted by Gasteiger charge is -2.41. The van der Waals surface area contributed by atoms with Crippen molar-refractivity contribution in [3.63, 3.8) is 0 Å². The van der Waals surface area contributed by atoms with Crippen LogP contribution >= 0.6 is 0 Å². The smallest absolute Gasteiger partial charge is 0.419 e. The van der Waals surface area contributed by atoms with E-state index in [0.29, 0.717) is 17.7 Å². The van der Waals surface area contributed by atoms with Crippen molar-refractivity contribution in [2.24, 2.45) is 5.41 Å². The summed E-state index contributed by atoms with van der Waals surface area (Å²) in [4.78, 5) is 34.6. The van der Waals surface area contributed by atoms with Crippen LogP contribution in [-0.2, 0) is 16.0 Å². The summed E-state index contributed by atoms with van der Waals surface area (Å²) in [6.45, 7) is 9.18. The molecule has 9 heteroatoms. The average molecular weight is 563 g/mol. The highest BCUT2D eigenvalue weighted by atomic mass is 16.6. The van der Waals surface area contributed by atoms with E-state index in [1.54, 1.807) is 23.9 Å². The lowest BCUT2D eigenvalue weighted by Crippen LogP contribution is -2.38. The molecule has 2 fully saturated rings. The zero-order valence-electron chi connectivity index (χ0n) is 25.5. The molecule has 41 heavy (non-hydrogen) atoms. The number of pyridine rings is 1. The lowest BCUT2D eigenvalue weighted by atomic mass is 9.84. The van der Waals surface area contributed by atoms with Crippen LogP contribution in [-0.4, -0.2) is 67.0 Å². The molecule has 0 amide bonds. The summed E-state index contributed by atoms with van der Waals surface area (Å²) in [5, 5.41) is 0.977. The van der Waals surface area contributed by atoms with Gasteiger partial charge in [0.05, 0.1) is 19.7 Å². The molecule has 1 saturated carbocycles. The van der Waals surface area contributed by atoms with Gasteiger partial charge in [0, 0.05) is 49.4 Å². The first-order chi connectivity index (χ1) is 19.4. The number of nitrogens with zero attached hydrogens (tertiary/aromatic N) is 4. The van der Waals surface area contributed by atoms with Crippen LogP contribution in [0.4, 0.5) is 10.6 Å². The summed E-state index contributed by atoms with van der Waals surface area (Å²) in [7, 11) is 6.98. The van der Waals surface area contributed by atoms with Crippen LogP contribution in [0.25, 0.3) is 10.9 Å². The first-order valence-electron chi connectivity index (χ1n) is 14.3. The second kappa shape index (κ2) is 10.7. The molecule has 1 spiro atoms. The van der Waals surface area contributed by atoms with Crippen LogP contribution in [0.5, 0.6) is 5.75 Å². The molecular formula is C32H42N4O5. The molecule has 0 radical (unpaired) electrons. The van der Waals surface area contributed by atoms with Crippen LogP contribution in [0.3, 0.4) is 0 Å². The Balaban J connectivity index is 1.57. The van der Waals surface area contributed by atoms with Gasteiger partial charge >= 0.3 is 12.1 Å². The lowest BCUT2D eigenvalue weighted by molar-refractivity contribution is 0.0542. The van der Waals surface area contributed by atoms with Crippen LogP contribution < -0.4 is 9.64 Å². The Morgan fingerprint density at radius 3 is 2.46 bits per heavy atom. The summed E-state index contributed by atoms with van der Waals surface area (Å²) in [5.41, 5.74) is 3.99. The molecule has 0 bridgehead atoms. The van der Waals surface area contributed by atoms with Gasteiger partial charge in [0.15, 0.2) is 5.69 Å². The minimum atomic E-state index is -0.599. The highest BCUT2D eigenvalue weighted by Crippen LogP contribution is 2.59. The van der Waals surface area contributed by atoms with E-state index < -0.39 is 17.7 Å². The number of aromatic nitrogens is 2. The zero-order valence-corrected chi connectivity index (χ0v) is 25.5. The van der Waals surface area contributed by atoms with E-state index in [1.165, 1.54) is 20.0 Å². The fraction of sp³-hybridized carbons (Fsp3) is 0.531. The van der Waals surface area contributed by atoms with Gasteiger partial charge in [-0.15, -0.1) is 0 Å². The molecule has 1 aliphatic heterocycles. The number of anilines is 1. The van der Waals surface area contributed by atoms with E-state index >= 15 is 0 Å². The molecule has 1 aromatic carbocycles. The normalized spacial score (nSPS) is 18.4. The quantitative estimate of drug-likeness (QED) is 0.333. The van der Waals surface area contributed by atoms with Gasteiger partial charge in [-0.3, -0.25) is 9.47 Å². The predicted octanol–water partition coefficient (Wildman–Crippen LogP) is 6.11. The maximum Gasteiger partial charge on any atom is 0.419 e. The second-order valence-electron chi connectivity index (χ2n) is 12.7. The minimum absolute atomic E-state index is 0.108. The van der Waals surface area contributed by atoms with Crippen molar-refractivity contribution >= 4 is 28.8 Å². The minimum Gasteiger partial charge on any atom is -0.496 e. The number of rotatable bonds is 6. The van der Waals surface area contributed by atoms with Gasteiger partial charge in [-0.2, -0.15) is 0 Å². The van der Waals surface area contributed by atoms with E-state index in [9.17, 15) is 9.59 Å². The Morgan fingerprint density at radius 2 is 1.85 bits per heavy atom. The number of hydrogen-bond donors (Lipinski definition) is 0. The third-order valence-electron chi connectivity index (χ3n) is 8.44. The number of piperidine rings is 1. The maximum absolute atomic E-state index is 13.1. The molecular weight excluding hydrogens is 520 g/mol. The van der Waals surface area contributed by atoms with Gasteiger partial charge in [0.25, 0.3) is 0 Å². The Kier molecular flexibility index (Phi) is 7.53. The predicted molar refractivity (Wildman–Crippen MR) is 159 cm³/mol. The fourth-order valence-electron chi connectivity index (χ4n) is 6.18. The van der Waals surface area contributed by atoms with Crippen molar-refractivity contribution in [1.82, 2.24) is 14.5 Å². The highest BCUT2D eigenvalue weighted by Gasteiger charge is 2.49. The highest BCUT2D eigenvalue weighted by molar-refractivity contribution is 5.95. The Bertz CT molecular complexity index is 1480. The number of likely N-dealkylation sites (tertiary alicyclic amines) is 1. The summed E-state index contributed by atoms with van der Waals surface area (Å²) in [5.74, 6) is 1.13. The van der Waals surface area contributed by atoms with Crippen molar-refractivity contribution in [2.45, 2.75) is 71.6 Å². The maximum atomic E-state index is 13.1. The van der Waals surface area contributed by atoms with Gasteiger partial charge in [0.1, 0.15) is 17.2 Å². The van der Waals surface area contributed by atoms with Gasteiger partial charge in [-0.05, 0) is 89.1 Å². The van der Waals surface area contributed by atoms with Crippen LogP contribution in [0.1, 0.15) is 79.7 Å². The number of carbonyl (C=O) groups excluding carboxylic acids is 2.